The van der Waals surface area contributed by atoms with Gasteiger partial charge in [0.2, 0.25) is 0 Å². The third-order valence-electron chi connectivity index (χ3n) is 3.54. The Morgan fingerprint density at radius 1 is 1.37 bits per heavy atom. The van der Waals surface area contributed by atoms with Gasteiger partial charge in [0, 0.05) is 6.54 Å². The minimum absolute atomic E-state index is 0.190. The maximum Gasteiger partial charge on any atom is 0.255 e. The number of carbonyl (C=O) groups excluding carboxylic acids is 1. The molecule has 0 atom stereocenters. The van der Waals surface area contributed by atoms with E-state index in [9.17, 15) is 9.90 Å². The first-order valence-corrected chi connectivity index (χ1v) is 6.87. The summed E-state index contributed by atoms with van der Waals surface area (Å²) in [6.45, 7) is 2.72. The van der Waals surface area contributed by atoms with Gasteiger partial charge in [0.15, 0.2) is 0 Å². The van der Waals surface area contributed by atoms with Gasteiger partial charge in [-0.2, -0.15) is 0 Å². The fourth-order valence-electron chi connectivity index (χ4n) is 2.49. The lowest BCUT2D eigenvalue weighted by Gasteiger charge is -2.22. The van der Waals surface area contributed by atoms with Crippen LogP contribution in [0, 0.1) is 0 Å². The van der Waals surface area contributed by atoms with Gasteiger partial charge in [-0.25, -0.2) is 0 Å². The summed E-state index contributed by atoms with van der Waals surface area (Å²) in [5.74, 6) is 0.394. The SMILES string of the molecule is CCOc1ccccc1C(=O)NCC1(O)CCCC1. The van der Waals surface area contributed by atoms with Crippen LogP contribution in [-0.2, 0) is 0 Å². The predicted molar refractivity (Wildman–Crippen MR) is 73.4 cm³/mol. The van der Waals surface area contributed by atoms with Gasteiger partial charge in [0.05, 0.1) is 17.8 Å². The van der Waals surface area contributed by atoms with Crippen LogP contribution >= 0.6 is 0 Å². The summed E-state index contributed by atoms with van der Waals surface area (Å²) in [6, 6.07) is 7.16. The summed E-state index contributed by atoms with van der Waals surface area (Å²) in [7, 11) is 0. The van der Waals surface area contributed by atoms with E-state index in [2.05, 4.69) is 5.32 Å². The molecule has 0 bridgehead atoms. The number of benzene rings is 1. The van der Waals surface area contributed by atoms with Crippen molar-refractivity contribution < 1.29 is 14.6 Å². The Hall–Kier alpha value is -1.55. The third kappa shape index (κ3) is 3.47. The van der Waals surface area contributed by atoms with Crippen LogP contribution < -0.4 is 10.1 Å². The number of hydrogen-bond donors (Lipinski definition) is 2. The smallest absolute Gasteiger partial charge is 0.255 e. The van der Waals surface area contributed by atoms with E-state index in [4.69, 9.17) is 4.74 Å². The first-order valence-electron chi connectivity index (χ1n) is 6.87. The molecule has 0 aromatic heterocycles. The number of para-hydroxylation sites is 1. The van der Waals surface area contributed by atoms with E-state index in [0.717, 1.165) is 25.7 Å². The lowest BCUT2D eigenvalue weighted by atomic mass is 10.0. The highest BCUT2D eigenvalue weighted by atomic mass is 16.5. The first-order chi connectivity index (χ1) is 9.14. The molecule has 104 valence electrons. The van der Waals surface area contributed by atoms with Crippen molar-refractivity contribution in [2.45, 2.75) is 38.2 Å². The Labute approximate surface area is 113 Å². The van der Waals surface area contributed by atoms with Gasteiger partial charge >= 0.3 is 0 Å². The summed E-state index contributed by atoms with van der Waals surface area (Å²) in [4.78, 5) is 12.1. The standard InChI is InChI=1S/C15H21NO3/c1-2-19-13-8-4-3-7-12(13)14(17)16-11-15(18)9-5-6-10-15/h3-4,7-8,18H,2,5-6,9-11H2,1H3,(H,16,17). The molecule has 1 amide bonds. The van der Waals surface area contributed by atoms with Crippen molar-refractivity contribution in [1.29, 1.82) is 0 Å². The van der Waals surface area contributed by atoms with Gasteiger partial charge in [-0.3, -0.25) is 4.79 Å². The molecule has 1 aliphatic carbocycles. The van der Waals surface area contributed by atoms with Crippen LogP contribution in [0.3, 0.4) is 0 Å². The van der Waals surface area contributed by atoms with Crippen LogP contribution in [0.1, 0.15) is 43.0 Å². The third-order valence-corrected chi connectivity index (χ3v) is 3.54. The Morgan fingerprint density at radius 3 is 2.74 bits per heavy atom. The second-order valence-corrected chi connectivity index (χ2v) is 5.04. The Bertz CT molecular complexity index is 439. The van der Waals surface area contributed by atoms with Gasteiger partial charge in [-0.05, 0) is 31.9 Å². The van der Waals surface area contributed by atoms with Gasteiger partial charge in [0.1, 0.15) is 5.75 Å². The molecule has 0 unspecified atom stereocenters. The molecule has 1 aliphatic rings. The maximum atomic E-state index is 12.1. The summed E-state index contributed by atoms with van der Waals surface area (Å²) in [6.07, 6.45) is 3.59. The number of carbonyl (C=O) groups is 1. The molecule has 1 aromatic rings. The summed E-state index contributed by atoms with van der Waals surface area (Å²) in [5.41, 5.74) is -0.207. The zero-order chi connectivity index (χ0) is 13.7. The summed E-state index contributed by atoms with van der Waals surface area (Å²) < 4.78 is 5.43. The van der Waals surface area contributed by atoms with Crippen molar-refractivity contribution in [3.05, 3.63) is 29.8 Å². The topological polar surface area (TPSA) is 58.6 Å². The zero-order valence-corrected chi connectivity index (χ0v) is 11.3. The molecule has 1 aromatic carbocycles. The van der Waals surface area contributed by atoms with Crippen molar-refractivity contribution in [3.8, 4) is 5.75 Å². The van der Waals surface area contributed by atoms with E-state index in [1.54, 1.807) is 12.1 Å². The van der Waals surface area contributed by atoms with Gasteiger partial charge in [-0.1, -0.05) is 25.0 Å². The molecule has 19 heavy (non-hydrogen) atoms. The molecular weight excluding hydrogens is 242 g/mol. The van der Waals surface area contributed by atoms with Gasteiger partial charge in [0.25, 0.3) is 5.91 Å². The van der Waals surface area contributed by atoms with E-state index in [1.165, 1.54) is 0 Å². The van der Waals surface area contributed by atoms with Crippen LogP contribution in [0.4, 0.5) is 0 Å². The molecule has 1 saturated carbocycles. The average Bonchev–Trinajstić information content (AvgIpc) is 2.85. The fraction of sp³-hybridized carbons (Fsp3) is 0.533. The molecule has 0 radical (unpaired) electrons. The number of ether oxygens (including phenoxy) is 1. The highest BCUT2D eigenvalue weighted by molar-refractivity contribution is 5.96. The van der Waals surface area contributed by atoms with Crippen LogP contribution in [0.2, 0.25) is 0 Å². The Morgan fingerprint density at radius 2 is 2.05 bits per heavy atom. The van der Waals surface area contributed by atoms with Crippen LogP contribution in [0.15, 0.2) is 24.3 Å². The van der Waals surface area contributed by atoms with E-state index in [-0.39, 0.29) is 5.91 Å². The minimum atomic E-state index is -0.726. The van der Waals surface area contributed by atoms with Crippen LogP contribution in [0.5, 0.6) is 5.75 Å². The summed E-state index contributed by atoms with van der Waals surface area (Å²) in [5, 5.41) is 13.0. The number of rotatable bonds is 5. The van der Waals surface area contributed by atoms with Crippen LogP contribution in [0.25, 0.3) is 0 Å². The molecule has 0 saturated heterocycles. The molecule has 4 nitrogen and oxygen atoms in total. The van der Waals surface area contributed by atoms with E-state index in [1.807, 2.05) is 19.1 Å². The van der Waals surface area contributed by atoms with E-state index in [0.29, 0.717) is 24.5 Å². The van der Waals surface area contributed by atoms with E-state index < -0.39 is 5.60 Å². The average molecular weight is 263 g/mol. The second kappa shape index (κ2) is 6.06. The van der Waals surface area contributed by atoms with Crippen molar-refractivity contribution in [2.24, 2.45) is 0 Å². The van der Waals surface area contributed by atoms with Gasteiger partial charge in [-0.15, -0.1) is 0 Å². The number of hydrogen-bond acceptors (Lipinski definition) is 3. The highest BCUT2D eigenvalue weighted by Crippen LogP contribution is 2.28. The molecule has 1 fully saturated rings. The first kappa shape index (κ1) is 13.9. The lowest BCUT2D eigenvalue weighted by molar-refractivity contribution is 0.0449. The monoisotopic (exact) mass is 263 g/mol. The number of amides is 1. The van der Waals surface area contributed by atoms with Crippen molar-refractivity contribution >= 4 is 5.91 Å². The quantitative estimate of drug-likeness (QED) is 0.855. The molecule has 4 heteroatoms. The minimum Gasteiger partial charge on any atom is -0.493 e. The van der Waals surface area contributed by atoms with Crippen molar-refractivity contribution in [2.75, 3.05) is 13.2 Å². The number of nitrogens with one attached hydrogen (secondary N) is 1. The molecule has 0 spiro atoms. The normalized spacial score (nSPS) is 17.2. The van der Waals surface area contributed by atoms with Crippen molar-refractivity contribution in [1.82, 2.24) is 5.32 Å². The Balaban J connectivity index is 1.99. The largest absolute Gasteiger partial charge is 0.493 e. The predicted octanol–water partition coefficient (Wildman–Crippen LogP) is 2.12. The maximum absolute atomic E-state index is 12.1. The van der Waals surface area contributed by atoms with Gasteiger partial charge < -0.3 is 15.2 Å². The number of aliphatic hydroxyl groups is 1. The molecule has 2 N–H and O–H groups in total. The summed E-state index contributed by atoms with van der Waals surface area (Å²) >= 11 is 0. The Kier molecular flexibility index (Phi) is 4.43. The molecule has 0 aliphatic heterocycles. The van der Waals surface area contributed by atoms with E-state index >= 15 is 0 Å². The second-order valence-electron chi connectivity index (χ2n) is 5.04. The fourth-order valence-corrected chi connectivity index (χ4v) is 2.49. The van der Waals surface area contributed by atoms with Crippen LogP contribution in [-0.4, -0.2) is 29.8 Å². The highest BCUT2D eigenvalue weighted by Gasteiger charge is 2.31. The molecule has 0 heterocycles. The zero-order valence-electron chi connectivity index (χ0n) is 11.3. The molecular formula is C15H21NO3. The molecule has 2 rings (SSSR count). The lowest BCUT2D eigenvalue weighted by Crippen LogP contribution is -2.40. The van der Waals surface area contributed by atoms with Crippen molar-refractivity contribution in [3.63, 3.8) is 0 Å².